The monoisotopic (exact) mass is 711 g/mol. The Morgan fingerprint density at radius 1 is 0.304 bits per heavy atom. The Morgan fingerprint density at radius 2 is 0.875 bits per heavy atom. The Kier molecular flexibility index (Phi) is 7.53. The van der Waals surface area contributed by atoms with Crippen molar-refractivity contribution in [3.63, 3.8) is 0 Å². The quantitative estimate of drug-likeness (QED) is 0.167. The summed E-state index contributed by atoms with van der Waals surface area (Å²) in [6.07, 6.45) is 0.938. The van der Waals surface area contributed by atoms with E-state index in [9.17, 15) is 0 Å². The van der Waals surface area contributed by atoms with Crippen molar-refractivity contribution in [1.29, 1.82) is 0 Å². The topological polar surface area (TPSA) is 12.9 Å². The van der Waals surface area contributed by atoms with Gasteiger partial charge in [0.15, 0.2) is 0 Å². The molecule has 262 valence electrons. The molecule has 56 heavy (non-hydrogen) atoms. The van der Waals surface area contributed by atoms with E-state index in [-0.39, 0.29) is 0 Å². The molecule has 0 bridgehead atoms. The van der Waals surface area contributed by atoms with Gasteiger partial charge in [0.25, 0.3) is 0 Å². The van der Waals surface area contributed by atoms with Crippen molar-refractivity contribution < 1.29 is 0 Å². The Bertz CT molecular complexity index is 2810. The molecule has 2 aliphatic carbocycles. The number of fused-ring (bicyclic) bond motifs is 6. The van der Waals surface area contributed by atoms with Gasteiger partial charge in [0.05, 0.1) is 16.8 Å². The fourth-order valence-electron chi connectivity index (χ4n) is 9.47. The van der Waals surface area contributed by atoms with Crippen molar-refractivity contribution >= 4 is 0 Å². The van der Waals surface area contributed by atoms with Crippen molar-refractivity contribution in [2.45, 2.75) is 11.8 Å². The second-order valence-corrected chi connectivity index (χ2v) is 15.0. The van der Waals surface area contributed by atoms with Gasteiger partial charge in [-0.3, -0.25) is 0 Å². The molecule has 1 aromatic heterocycles. The van der Waals surface area contributed by atoms with E-state index in [2.05, 4.69) is 212 Å². The number of hydrogen-bond donors (Lipinski definition) is 0. The zero-order chi connectivity index (χ0) is 37.1. The molecule has 11 rings (SSSR count). The molecular formula is C55H37N. The maximum Gasteiger partial charge on any atom is 0.0722 e. The summed E-state index contributed by atoms with van der Waals surface area (Å²) in [6, 6.07) is 77.9. The summed E-state index contributed by atoms with van der Waals surface area (Å²) in [7, 11) is 0. The van der Waals surface area contributed by atoms with Gasteiger partial charge >= 0.3 is 0 Å². The van der Waals surface area contributed by atoms with E-state index >= 15 is 0 Å². The first-order valence-corrected chi connectivity index (χ1v) is 19.5. The normalized spacial score (nSPS) is 13.1. The van der Waals surface area contributed by atoms with Crippen LogP contribution in [0.2, 0.25) is 0 Å². The van der Waals surface area contributed by atoms with Crippen molar-refractivity contribution in [2.75, 3.05) is 0 Å². The van der Waals surface area contributed by atoms with Crippen molar-refractivity contribution in [2.24, 2.45) is 0 Å². The lowest BCUT2D eigenvalue weighted by atomic mass is 9.67. The van der Waals surface area contributed by atoms with Gasteiger partial charge in [-0.05, 0) is 109 Å². The number of pyridine rings is 1. The van der Waals surface area contributed by atoms with Gasteiger partial charge < -0.3 is 0 Å². The molecule has 1 nitrogen and oxygen atoms in total. The molecule has 9 aromatic rings. The molecule has 1 heterocycles. The summed E-state index contributed by atoms with van der Waals surface area (Å²) in [6.45, 7) is 0. The van der Waals surface area contributed by atoms with Gasteiger partial charge in [0.1, 0.15) is 0 Å². The molecule has 0 spiro atoms. The lowest BCUT2D eigenvalue weighted by molar-refractivity contribution is 0.769. The molecule has 0 amide bonds. The highest BCUT2D eigenvalue weighted by atomic mass is 14.7. The molecule has 0 N–H and O–H groups in total. The molecule has 2 aliphatic rings. The molecule has 0 saturated heterocycles. The Labute approximate surface area is 328 Å². The van der Waals surface area contributed by atoms with E-state index in [1.54, 1.807) is 0 Å². The van der Waals surface area contributed by atoms with Crippen molar-refractivity contribution in [1.82, 2.24) is 4.98 Å². The lowest BCUT2D eigenvalue weighted by Crippen LogP contribution is -2.28. The standard InChI is InChI=1S/C55H37N/c1-5-17-37(18-6-1)41-33-53(38-19-7-2-8-20-38)56-54(34-41)50-36-52-49(35-48(50)40-29-30-46-42(32-40)31-39-21-13-14-26-45(39)46)47-27-15-16-28-51(47)55(52,43-22-9-3-10-23-43)44-24-11-4-12-25-44/h1-30,32-36H,31H2. The van der Waals surface area contributed by atoms with E-state index in [0.717, 1.165) is 34.5 Å². The predicted octanol–water partition coefficient (Wildman–Crippen LogP) is 13.7. The third-order valence-corrected chi connectivity index (χ3v) is 12.0. The largest absolute Gasteiger partial charge is 0.248 e. The number of rotatable bonds is 6. The summed E-state index contributed by atoms with van der Waals surface area (Å²) >= 11 is 0. The predicted molar refractivity (Wildman–Crippen MR) is 232 cm³/mol. The first-order valence-electron chi connectivity index (χ1n) is 19.5. The van der Waals surface area contributed by atoms with Crippen molar-refractivity contribution in [3.05, 3.63) is 246 Å². The maximum atomic E-state index is 5.56. The van der Waals surface area contributed by atoms with Gasteiger partial charge in [-0.2, -0.15) is 0 Å². The first kappa shape index (κ1) is 32.3. The number of hydrogen-bond acceptors (Lipinski definition) is 1. The van der Waals surface area contributed by atoms with E-state index < -0.39 is 5.41 Å². The van der Waals surface area contributed by atoms with Crippen LogP contribution in [0.15, 0.2) is 212 Å². The van der Waals surface area contributed by atoms with Crippen LogP contribution in [0.25, 0.3) is 67.0 Å². The summed E-state index contributed by atoms with van der Waals surface area (Å²) in [5, 5.41) is 0. The Hall–Kier alpha value is -7.09. The number of benzene rings is 8. The molecule has 0 radical (unpaired) electrons. The smallest absolute Gasteiger partial charge is 0.0722 e. The molecule has 8 aromatic carbocycles. The summed E-state index contributed by atoms with van der Waals surface area (Å²) in [5.41, 5.74) is 21.4. The van der Waals surface area contributed by atoms with E-state index in [1.807, 2.05) is 0 Å². The van der Waals surface area contributed by atoms with Crippen LogP contribution < -0.4 is 0 Å². The van der Waals surface area contributed by atoms with Gasteiger partial charge in [-0.1, -0.05) is 188 Å². The van der Waals surface area contributed by atoms with Crippen LogP contribution in [-0.2, 0) is 11.8 Å². The molecule has 0 saturated carbocycles. The molecule has 1 heteroatoms. The summed E-state index contributed by atoms with van der Waals surface area (Å²) in [5.74, 6) is 0. The van der Waals surface area contributed by atoms with Crippen LogP contribution in [0, 0.1) is 0 Å². The Morgan fingerprint density at radius 3 is 1.59 bits per heavy atom. The fraction of sp³-hybridized carbons (Fsp3) is 0.0364. The average molecular weight is 712 g/mol. The summed E-state index contributed by atoms with van der Waals surface area (Å²) < 4.78 is 0. The van der Waals surface area contributed by atoms with Crippen LogP contribution >= 0.6 is 0 Å². The third-order valence-electron chi connectivity index (χ3n) is 12.0. The van der Waals surface area contributed by atoms with Crippen molar-refractivity contribution in [3.8, 4) is 67.0 Å². The minimum absolute atomic E-state index is 0.527. The highest BCUT2D eigenvalue weighted by Gasteiger charge is 2.46. The van der Waals surface area contributed by atoms with Gasteiger partial charge in [-0.15, -0.1) is 0 Å². The molecule has 0 fully saturated rings. The maximum absolute atomic E-state index is 5.56. The van der Waals surface area contributed by atoms with Crippen LogP contribution in [0.4, 0.5) is 0 Å². The molecular weight excluding hydrogens is 675 g/mol. The zero-order valence-electron chi connectivity index (χ0n) is 30.9. The lowest BCUT2D eigenvalue weighted by Gasteiger charge is -2.34. The highest BCUT2D eigenvalue weighted by Crippen LogP contribution is 2.58. The van der Waals surface area contributed by atoms with Crippen LogP contribution in [0.3, 0.4) is 0 Å². The van der Waals surface area contributed by atoms with Gasteiger partial charge in [-0.25, -0.2) is 4.98 Å². The number of nitrogens with zero attached hydrogens (tertiary/aromatic N) is 1. The first-order chi connectivity index (χ1) is 27.8. The third kappa shape index (κ3) is 5.05. The second-order valence-electron chi connectivity index (χ2n) is 15.0. The van der Waals surface area contributed by atoms with E-state index in [1.165, 1.54) is 72.3 Å². The van der Waals surface area contributed by atoms with Crippen LogP contribution in [-0.4, -0.2) is 4.98 Å². The second kappa shape index (κ2) is 13.0. The Balaban J connectivity index is 1.24. The molecule has 0 unspecified atom stereocenters. The molecule has 0 atom stereocenters. The van der Waals surface area contributed by atoms with Gasteiger partial charge in [0.2, 0.25) is 0 Å². The SMILES string of the molecule is c1ccc(-c2cc(-c3ccccc3)nc(-c3cc4c(cc3-c3ccc5c(c3)Cc3ccccc3-5)-c3ccccc3C4(c3ccccc3)c3ccccc3)c2)cc1. The van der Waals surface area contributed by atoms with Crippen LogP contribution in [0.5, 0.6) is 0 Å². The minimum Gasteiger partial charge on any atom is -0.248 e. The summed E-state index contributed by atoms with van der Waals surface area (Å²) in [4.78, 5) is 5.56. The minimum atomic E-state index is -0.527. The molecule has 0 aliphatic heterocycles. The van der Waals surface area contributed by atoms with E-state index in [4.69, 9.17) is 4.98 Å². The van der Waals surface area contributed by atoms with E-state index in [0.29, 0.717) is 0 Å². The fourth-order valence-corrected chi connectivity index (χ4v) is 9.47. The van der Waals surface area contributed by atoms with Gasteiger partial charge in [0, 0.05) is 11.1 Å². The highest BCUT2D eigenvalue weighted by molar-refractivity contribution is 5.96. The van der Waals surface area contributed by atoms with Crippen LogP contribution in [0.1, 0.15) is 33.4 Å². The average Bonchev–Trinajstić information content (AvgIpc) is 3.80. The zero-order valence-corrected chi connectivity index (χ0v) is 30.9. The number of aromatic nitrogens is 1.